The topological polar surface area (TPSA) is 38.9 Å². The lowest BCUT2D eigenvalue weighted by atomic mass is 10.0. The summed E-state index contributed by atoms with van der Waals surface area (Å²) >= 11 is 0. The van der Waals surface area contributed by atoms with Gasteiger partial charge in [-0.2, -0.15) is 0 Å². The summed E-state index contributed by atoms with van der Waals surface area (Å²) in [4.78, 5) is 4.49. The smallest absolute Gasteiger partial charge is 0.0706 e. The molecule has 0 aliphatic rings. The summed E-state index contributed by atoms with van der Waals surface area (Å²) in [5.74, 6) is 0.560. The lowest BCUT2D eigenvalue weighted by molar-refractivity contribution is 0.867. The maximum Gasteiger partial charge on any atom is 0.0706 e. The van der Waals surface area contributed by atoms with Gasteiger partial charge in [-0.05, 0) is 30.5 Å². The number of aromatic nitrogens is 1. The number of anilines is 1. The predicted octanol–water partition coefficient (Wildman–Crippen LogP) is 3.76. The molecule has 0 saturated carbocycles. The summed E-state index contributed by atoms with van der Waals surface area (Å²) < 4.78 is 0. The van der Waals surface area contributed by atoms with Gasteiger partial charge in [-0.15, -0.1) is 0 Å². The second-order valence-electron chi connectivity index (χ2n) is 4.65. The number of hydrogen-bond acceptors (Lipinski definition) is 2. The van der Waals surface area contributed by atoms with E-state index < -0.39 is 0 Å². The lowest BCUT2D eigenvalue weighted by Gasteiger charge is -2.08. The first-order chi connectivity index (χ1) is 8.08. The normalized spacial score (nSPS) is 10.8. The zero-order valence-electron chi connectivity index (χ0n) is 10.6. The van der Waals surface area contributed by atoms with Crippen LogP contribution in [-0.4, -0.2) is 4.98 Å². The van der Waals surface area contributed by atoms with Crippen molar-refractivity contribution in [2.24, 2.45) is 0 Å². The summed E-state index contributed by atoms with van der Waals surface area (Å²) in [6, 6.07) is 12.4. The van der Waals surface area contributed by atoms with Gasteiger partial charge in [0.2, 0.25) is 0 Å². The number of aryl methyl sites for hydroxylation is 1. The molecule has 2 aromatic rings. The molecule has 0 fully saturated rings. The first-order valence-corrected chi connectivity index (χ1v) is 5.91. The minimum atomic E-state index is 0.560. The van der Waals surface area contributed by atoms with E-state index in [0.29, 0.717) is 5.92 Å². The number of benzene rings is 1. The summed E-state index contributed by atoms with van der Waals surface area (Å²) in [7, 11) is 0. The van der Waals surface area contributed by atoms with E-state index in [2.05, 4.69) is 43.1 Å². The number of nitrogens with two attached hydrogens (primary N) is 1. The first-order valence-electron chi connectivity index (χ1n) is 5.91. The van der Waals surface area contributed by atoms with Crippen molar-refractivity contribution in [3.63, 3.8) is 0 Å². The van der Waals surface area contributed by atoms with Gasteiger partial charge >= 0.3 is 0 Å². The van der Waals surface area contributed by atoms with Crippen LogP contribution in [0.15, 0.2) is 36.4 Å². The van der Waals surface area contributed by atoms with E-state index in [0.717, 1.165) is 22.6 Å². The van der Waals surface area contributed by atoms with Gasteiger partial charge in [-0.1, -0.05) is 38.1 Å². The molecule has 2 rings (SSSR count). The molecular weight excluding hydrogens is 208 g/mol. The molecule has 0 aliphatic heterocycles. The van der Waals surface area contributed by atoms with Crippen LogP contribution in [0.4, 0.5) is 5.69 Å². The van der Waals surface area contributed by atoms with Crippen molar-refractivity contribution < 1.29 is 0 Å². The highest BCUT2D eigenvalue weighted by Crippen LogP contribution is 2.22. The van der Waals surface area contributed by atoms with E-state index in [1.807, 2.05) is 19.1 Å². The number of nitrogen functional groups attached to an aromatic ring is 1. The largest absolute Gasteiger partial charge is 0.397 e. The van der Waals surface area contributed by atoms with Gasteiger partial charge in [0.1, 0.15) is 0 Å². The molecule has 17 heavy (non-hydrogen) atoms. The van der Waals surface area contributed by atoms with Crippen molar-refractivity contribution in [1.29, 1.82) is 0 Å². The van der Waals surface area contributed by atoms with E-state index in [1.165, 1.54) is 5.56 Å². The van der Waals surface area contributed by atoms with Crippen LogP contribution in [0.1, 0.15) is 31.0 Å². The van der Waals surface area contributed by atoms with Gasteiger partial charge in [-0.3, -0.25) is 4.98 Å². The van der Waals surface area contributed by atoms with Crippen molar-refractivity contribution in [2.75, 3.05) is 5.73 Å². The highest BCUT2D eigenvalue weighted by molar-refractivity contribution is 5.62. The second-order valence-corrected chi connectivity index (χ2v) is 4.65. The molecular formula is C15H18N2. The van der Waals surface area contributed by atoms with Gasteiger partial charge in [0, 0.05) is 5.56 Å². The highest BCUT2D eigenvalue weighted by Gasteiger charge is 2.03. The molecule has 1 aromatic heterocycles. The third-order valence-electron chi connectivity index (χ3n) is 3.00. The summed E-state index contributed by atoms with van der Waals surface area (Å²) in [5, 5.41) is 0. The Bertz CT molecular complexity index is 513. The highest BCUT2D eigenvalue weighted by atomic mass is 14.7. The van der Waals surface area contributed by atoms with E-state index in [-0.39, 0.29) is 0 Å². The van der Waals surface area contributed by atoms with Gasteiger partial charge in [-0.25, -0.2) is 0 Å². The molecule has 0 saturated heterocycles. The lowest BCUT2D eigenvalue weighted by Crippen LogP contribution is -1.94. The van der Waals surface area contributed by atoms with Gasteiger partial charge in [0.25, 0.3) is 0 Å². The molecule has 1 heterocycles. The number of pyridine rings is 1. The second kappa shape index (κ2) is 4.58. The molecule has 2 nitrogen and oxygen atoms in total. The van der Waals surface area contributed by atoms with Crippen LogP contribution < -0.4 is 5.73 Å². The minimum absolute atomic E-state index is 0.560. The van der Waals surface area contributed by atoms with Crippen LogP contribution >= 0.6 is 0 Å². The van der Waals surface area contributed by atoms with Crippen molar-refractivity contribution in [2.45, 2.75) is 26.7 Å². The molecule has 0 aliphatic carbocycles. The molecule has 2 heteroatoms. The maximum atomic E-state index is 5.77. The number of hydrogen-bond donors (Lipinski definition) is 1. The number of rotatable bonds is 2. The molecule has 2 N–H and O–H groups in total. The van der Waals surface area contributed by atoms with E-state index in [9.17, 15) is 0 Å². The number of nitrogens with zero attached hydrogens (tertiary/aromatic N) is 1. The van der Waals surface area contributed by atoms with Crippen LogP contribution in [-0.2, 0) is 0 Å². The van der Waals surface area contributed by atoms with Crippen LogP contribution in [0.5, 0.6) is 0 Å². The van der Waals surface area contributed by atoms with Gasteiger partial charge < -0.3 is 5.73 Å². The third kappa shape index (κ3) is 2.47. The Morgan fingerprint density at radius 1 is 1.00 bits per heavy atom. The minimum Gasteiger partial charge on any atom is -0.397 e. The monoisotopic (exact) mass is 226 g/mol. The molecule has 0 bridgehead atoms. The fraction of sp³-hybridized carbons (Fsp3) is 0.267. The Labute approximate surface area is 103 Å². The molecule has 0 unspecified atom stereocenters. The summed E-state index contributed by atoms with van der Waals surface area (Å²) in [6.07, 6.45) is 0. The maximum absolute atomic E-state index is 5.77. The zero-order chi connectivity index (χ0) is 12.4. The SMILES string of the molecule is Cc1nc(-c2ccc(C(C)C)cc2)ccc1N. The van der Waals surface area contributed by atoms with Crippen molar-refractivity contribution >= 4 is 5.69 Å². The van der Waals surface area contributed by atoms with E-state index in [1.54, 1.807) is 0 Å². The fourth-order valence-corrected chi connectivity index (χ4v) is 1.77. The van der Waals surface area contributed by atoms with Gasteiger partial charge in [0.05, 0.1) is 17.1 Å². The van der Waals surface area contributed by atoms with Crippen molar-refractivity contribution in [1.82, 2.24) is 4.98 Å². The Morgan fingerprint density at radius 3 is 2.18 bits per heavy atom. The van der Waals surface area contributed by atoms with Crippen LogP contribution in [0.25, 0.3) is 11.3 Å². The third-order valence-corrected chi connectivity index (χ3v) is 3.00. The Kier molecular flexibility index (Phi) is 3.14. The fourth-order valence-electron chi connectivity index (χ4n) is 1.77. The van der Waals surface area contributed by atoms with E-state index >= 15 is 0 Å². The molecule has 0 amide bonds. The molecule has 1 aromatic carbocycles. The molecule has 0 spiro atoms. The average Bonchev–Trinajstić information content (AvgIpc) is 2.33. The van der Waals surface area contributed by atoms with E-state index in [4.69, 9.17) is 5.73 Å². The van der Waals surface area contributed by atoms with Gasteiger partial charge in [0.15, 0.2) is 0 Å². The van der Waals surface area contributed by atoms with Crippen LogP contribution in [0, 0.1) is 6.92 Å². The quantitative estimate of drug-likeness (QED) is 0.846. The standard InChI is InChI=1S/C15H18N2/c1-10(2)12-4-6-13(7-5-12)15-9-8-14(16)11(3)17-15/h4-10H,16H2,1-3H3. The molecule has 88 valence electrons. The summed E-state index contributed by atoms with van der Waals surface area (Å²) in [5.41, 5.74) is 10.9. The van der Waals surface area contributed by atoms with Crippen molar-refractivity contribution in [3.8, 4) is 11.3 Å². The predicted molar refractivity (Wildman–Crippen MR) is 72.9 cm³/mol. The van der Waals surface area contributed by atoms with Crippen LogP contribution in [0.3, 0.4) is 0 Å². The Hall–Kier alpha value is -1.83. The average molecular weight is 226 g/mol. The van der Waals surface area contributed by atoms with Crippen LogP contribution in [0.2, 0.25) is 0 Å². The molecule has 0 radical (unpaired) electrons. The Balaban J connectivity index is 2.36. The zero-order valence-corrected chi connectivity index (χ0v) is 10.6. The Morgan fingerprint density at radius 2 is 1.65 bits per heavy atom. The first kappa shape index (κ1) is 11.6. The van der Waals surface area contributed by atoms with Crippen molar-refractivity contribution in [3.05, 3.63) is 47.7 Å². The molecule has 0 atom stereocenters. The summed E-state index contributed by atoms with van der Waals surface area (Å²) in [6.45, 7) is 6.32.